The van der Waals surface area contributed by atoms with Crippen LogP contribution in [-0.4, -0.2) is 21.9 Å². The zero-order valence-electron chi connectivity index (χ0n) is 18.7. The summed E-state index contributed by atoms with van der Waals surface area (Å²) < 4.78 is 49.4. The van der Waals surface area contributed by atoms with E-state index in [0.29, 0.717) is 23.2 Å². The molecule has 0 aliphatic heterocycles. The van der Waals surface area contributed by atoms with Crippen LogP contribution in [0.1, 0.15) is 24.1 Å². The second-order valence-electron chi connectivity index (χ2n) is 7.74. The SMILES string of the molecule is CC(Oc1ccc(Oc2ncc(C(F)(F)F)cc2Cl)cc1)C(=O)C(C#N)c1ccc2ccccc2n1. The Labute approximate surface area is 208 Å². The van der Waals surface area contributed by atoms with Crippen LogP contribution in [0.5, 0.6) is 17.4 Å². The van der Waals surface area contributed by atoms with Crippen LogP contribution in [0.3, 0.4) is 0 Å². The topological polar surface area (TPSA) is 85.1 Å². The number of ether oxygens (including phenoxy) is 2. The largest absolute Gasteiger partial charge is 0.483 e. The summed E-state index contributed by atoms with van der Waals surface area (Å²) in [5.74, 6) is -1.20. The maximum Gasteiger partial charge on any atom is 0.417 e. The van der Waals surface area contributed by atoms with Crippen LogP contribution in [0.4, 0.5) is 13.2 Å². The lowest BCUT2D eigenvalue weighted by Gasteiger charge is -2.17. The van der Waals surface area contributed by atoms with Crippen molar-refractivity contribution in [1.82, 2.24) is 9.97 Å². The van der Waals surface area contributed by atoms with Crippen molar-refractivity contribution >= 4 is 28.3 Å². The summed E-state index contributed by atoms with van der Waals surface area (Å²) in [5, 5.41) is 10.2. The van der Waals surface area contributed by atoms with E-state index in [2.05, 4.69) is 9.97 Å². The van der Waals surface area contributed by atoms with E-state index in [1.54, 1.807) is 18.2 Å². The van der Waals surface area contributed by atoms with Gasteiger partial charge in [0.05, 0.1) is 22.8 Å². The Kier molecular flexibility index (Phi) is 7.08. The molecule has 0 radical (unpaired) electrons. The number of halogens is 4. The second-order valence-corrected chi connectivity index (χ2v) is 8.14. The number of para-hydroxylation sites is 1. The number of nitriles is 1. The maximum absolute atomic E-state index is 12.9. The third-order valence-corrected chi connectivity index (χ3v) is 5.49. The first kappa shape index (κ1) is 24.9. The lowest BCUT2D eigenvalue weighted by Crippen LogP contribution is -2.29. The molecule has 2 aromatic carbocycles. The minimum Gasteiger partial charge on any atom is -0.483 e. The molecule has 0 fully saturated rings. The molecule has 0 aliphatic carbocycles. The van der Waals surface area contributed by atoms with E-state index in [0.717, 1.165) is 11.5 Å². The van der Waals surface area contributed by atoms with Gasteiger partial charge in [-0.05, 0) is 49.4 Å². The van der Waals surface area contributed by atoms with E-state index in [-0.39, 0.29) is 16.7 Å². The van der Waals surface area contributed by atoms with Crippen LogP contribution < -0.4 is 9.47 Å². The average Bonchev–Trinajstić information content (AvgIpc) is 2.86. The second kappa shape index (κ2) is 10.2. The molecule has 0 amide bonds. The number of hydrogen-bond donors (Lipinski definition) is 0. The van der Waals surface area contributed by atoms with Crippen molar-refractivity contribution < 1.29 is 27.4 Å². The van der Waals surface area contributed by atoms with Gasteiger partial charge in [-0.3, -0.25) is 9.78 Å². The molecular formula is C26H17ClF3N3O3. The maximum atomic E-state index is 12.9. The average molecular weight is 512 g/mol. The Morgan fingerprint density at radius 2 is 1.75 bits per heavy atom. The molecule has 2 unspecified atom stereocenters. The number of benzene rings is 2. The number of aromatic nitrogens is 2. The third-order valence-electron chi connectivity index (χ3n) is 5.22. The summed E-state index contributed by atoms with van der Waals surface area (Å²) in [4.78, 5) is 21.0. The number of Topliss-reactive ketones (excluding diaryl/α,β-unsaturated/α-hetero) is 1. The number of fused-ring (bicyclic) bond motifs is 1. The molecule has 0 saturated carbocycles. The monoisotopic (exact) mass is 511 g/mol. The fourth-order valence-corrected chi connectivity index (χ4v) is 3.57. The molecule has 2 atom stereocenters. The molecule has 0 saturated heterocycles. The molecule has 0 N–H and O–H groups in total. The van der Waals surface area contributed by atoms with Crippen molar-refractivity contribution in [2.24, 2.45) is 0 Å². The lowest BCUT2D eigenvalue weighted by atomic mass is 9.97. The van der Waals surface area contributed by atoms with Gasteiger partial charge in [0, 0.05) is 11.6 Å². The van der Waals surface area contributed by atoms with Gasteiger partial charge < -0.3 is 9.47 Å². The van der Waals surface area contributed by atoms with E-state index < -0.39 is 29.5 Å². The van der Waals surface area contributed by atoms with Crippen molar-refractivity contribution in [2.45, 2.75) is 25.1 Å². The summed E-state index contributed by atoms with van der Waals surface area (Å²) in [5.41, 5.74) is 0.0213. The van der Waals surface area contributed by atoms with E-state index >= 15 is 0 Å². The molecular weight excluding hydrogens is 495 g/mol. The highest BCUT2D eigenvalue weighted by Gasteiger charge is 2.32. The highest BCUT2D eigenvalue weighted by Crippen LogP contribution is 2.35. The Morgan fingerprint density at radius 3 is 2.42 bits per heavy atom. The van der Waals surface area contributed by atoms with Crippen molar-refractivity contribution in [3.63, 3.8) is 0 Å². The minimum atomic E-state index is -4.57. The van der Waals surface area contributed by atoms with Gasteiger partial charge in [-0.25, -0.2) is 4.98 Å². The molecule has 36 heavy (non-hydrogen) atoms. The van der Waals surface area contributed by atoms with Crippen molar-refractivity contribution in [2.75, 3.05) is 0 Å². The number of alkyl halides is 3. The van der Waals surface area contributed by atoms with Gasteiger partial charge >= 0.3 is 6.18 Å². The Morgan fingerprint density at radius 1 is 1.06 bits per heavy atom. The van der Waals surface area contributed by atoms with Crippen LogP contribution in [0.25, 0.3) is 10.9 Å². The minimum absolute atomic E-state index is 0.193. The first-order valence-corrected chi connectivity index (χ1v) is 11.0. The fourth-order valence-electron chi connectivity index (χ4n) is 3.37. The lowest BCUT2D eigenvalue weighted by molar-refractivity contribution is -0.137. The van der Waals surface area contributed by atoms with Gasteiger partial charge in [-0.2, -0.15) is 18.4 Å². The van der Waals surface area contributed by atoms with Gasteiger partial charge in [-0.15, -0.1) is 0 Å². The van der Waals surface area contributed by atoms with Crippen LogP contribution in [0.15, 0.2) is 72.9 Å². The zero-order chi connectivity index (χ0) is 25.9. The molecule has 10 heteroatoms. The highest BCUT2D eigenvalue weighted by atomic mass is 35.5. The number of pyridine rings is 2. The Bertz CT molecular complexity index is 1450. The van der Waals surface area contributed by atoms with E-state index in [9.17, 15) is 23.2 Å². The van der Waals surface area contributed by atoms with Gasteiger partial charge in [-0.1, -0.05) is 35.9 Å². The first-order valence-electron chi connectivity index (χ1n) is 10.6. The summed E-state index contributed by atoms with van der Waals surface area (Å²) in [6, 6.07) is 19.5. The predicted molar refractivity (Wildman–Crippen MR) is 126 cm³/mol. The number of ketones is 1. The normalized spacial score (nSPS) is 13.0. The first-order chi connectivity index (χ1) is 17.2. The van der Waals surface area contributed by atoms with Crippen molar-refractivity contribution in [1.29, 1.82) is 5.26 Å². The predicted octanol–water partition coefficient (Wildman–Crippen LogP) is 6.74. The van der Waals surface area contributed by atoms with Crippen LogP contribution in [0, 0.1) is 11.3 Å². The van der Waals surface area contributed by atoms with Crippen molar-refractivity contribution in [3.8, 4) is 23.4 Å². The molecule has 6 nitrogen and oxygen atoms in total. The molecule has 0 bridgehead atoms. The van der Waals surface area contributed by atoms with Gasteiger partial charge in [0.2, 0.25) is 5.88 Å². The third kappa shape index (κ3) is 5.56. The summed E-state index contributed by atoms with van der Waals surface area (Å²) in [7, 11) is 0. The quantitative estimate of drug-likeness (QED) is 0.273. The summed E-state index contributed by atoms with van der Waals surface area (Å²) >= 11 is 5.87. The van der Waals surface area contributed by atoms with E-state index in [1.165, 1.54) is 31.2 Å². The van der Waals surface area contributed by atoms with Gasteiger partial charge in [0.15, 0.2) is 17.8 Å². The number of rotatable bonds is 7. The Hall–Kier alpha value is -4.16. The van der Waals surface area contributed by atoms with Crippen LogP contribution in [-0.2, 0) is 11.0 Å². The molecule has 182 valence electrons. The molecule has 4 rings (SSSR count). The number of hydrogen-bond acceptors (Lipinski definition) is 6. The fraction of sp³-hybridized carbons (Fsp3) is 0.154. The van der Waals surface area contributed by atoms with E-state index in [4.69, 9.17) is 21.1 Å². The van der Waals surface area contributed by atoms with Gasteiger partial charge in [0.1, 0.15) is 16.5 Å². The van der Waals surface area contributed by atoms with Crippen LogP contribution >= 0.6 is 11.6 Å². The number of carbonyl (C=O) groups excluding carboxylic acids is 1. The molecule has 4 aromatic rings. The Balaban J connectivity index is 1.43. The number of carbonyl (C=O) groups is 1. The molecule has 0 aliphatic rings. The smallest absolute Gasteiger partial charge is 0.417 e. The van der Waals surface area contributed by atoms with E-state index in [1.807, 2.05) is 24.3 Å². The molecule has 2 heterocycles. The standard InChI is InChI=1S/C26H17ClF3N3O3/c1-15(24(34)20(13-31)23-11-6-16-4-2-3-5-22(16)33-23)35-18-7-9-19(10-8-18)36-25-21(27)12-17(14-32-25)26(28,29)30/h2-12,14-15,20H,1H3. The zero-order valence-corrected chi connectivity index (χ0v) is 19.4. The summed E-state index contributed by atoms with van der Waals surface area (Å²) in [6.45, 7) is 1.53. The van der Waals surface area contributed by atoms with Crippen molar-refractivity contribution in [3.05, 3.63) is 89.2 Å². The highest BCUT2D eigenvalue weighted by molar-refractivity contribution is 6.31. The molecule has 0 spiro atoms. The number of nitrogens with zero attached hydrogens (tertiary/aromatic N) is 3. The summed E-state index contributed by atoms with van der Waals surface area (Å²) in [6.07, 6.45) is -4.90. The van der Waals surface area contributed by atoms with Gasteiger partial charge in [0.25, 0.3) is 0 Å². The van der Waals surface area contributed by atoms with Crippen LogP contribution in [0.2, 0.25) is 5.02 Å². The molecule has 2 aromatic heterocycles.